The molecular weight excluding hydrogens is 398 g/mol. The van der Waals surface area contributed by atoms with Crippen LogP contribution in [0.1, 0.15) is 17.2 Å². The maximum atomic E-state index is 13.3. The van der Waals surface area contributed by atoms with Crippen LogP contribution in [-0.4, -0.2) is 10.9 Å². The fraction of sp³-hybridized carbons (Fsp3) is 0.0526. The van der Waals surface area contributed by atoms with Gasteiger partial charge in [0.05, 0.1) is 16.4 Å². The molecule has 0 fully saturated rings. The molecule has 3 rings (SSSR count). The molecule has 2 N–H and O–H groups in total. The summed E-state index contributed by atoms with van der Waals surface area (Å²) in [6.07, 6.45) is 0. The van der Waals surface area contributed by atoms with Crippen molar-refractivity contribution in [1.82, 2.24) is 4.98 Å². The van der Waals surface area contributed by atoms with Gasteiger partial charge in [-0.15, -0.1) is 0 Å². The second-order valence-corrected chi connectivity index (χ2v) is 6.76. The van der Waals surface area contributed by atoms with Crippen molar-refractivity contribution in [1.29, 1.82) is 0 Å². The van der Waals surface area contributed by atoms with Gasteiger partial charge in [-0.05, 0) is 42.5 Å². The van der Waals surface area contributed by atoms with Crippen molar-refractivity contribution in [3.05, 3.63) is 86.7 Å². The topological polar surface area (TPSA) is 56.0 Å². The number of halogens is 4. The van der Waals surface area contributed by atoms with Crippen LogP contribution in [0.2, 0.25) is 15.1 Å². The first-order valence-corrected chi connectivity index (χ1v) is 8.67. The third-order valence-electron chi connectivity index (χ3n) is 3.85. The molecule has 0 saturated carbocycles. The van der Waals surface area contributed by atoms with Crippen LogP contribution in [0, 0.1) is 5.82 Å². The van der Waals surface area contributed by atoms with E-state index in [1.807, 2.05) is 0 Å². The highest BCUT2D eigenvalue weighted by Gasteiger charge is 2.27. The first-order valence-electron chi connectivity index (χ1n) is 7.54. The Balaban J connectivity index is 2.14. The van der Waals surface area contributed by atoms with Crippen LogP contribution in [0.5, 0.6) is 0 Å². The molecule has 0 bridgehead atoms. The van der Waals surface area contributed by atoms with Crippen LogP contribution in [0.15, 0.2) is 54.6 Å². The second-order valence-electron chi connectivity index (χ2n) is 5.54. The summed E-state index contributed by atoms with van der Waals surface area (Å²) in [5.41, 5.74) is 7.36. The smallest absolute Gasteiger partial charge is 0.231 e. The van der Waals surface area contributed by atoms with Crippen LogP contribution in [0.25, 0.3) is 11.3 Å². The van der Waals surface area contributed by atoms with Gasteiger partial charge in [-0.1, -0.05) is 46.9 Å². The maximum absolute atomic E-state index is 13.3. The fourth-order valence-electron chi connectivity index (χ4n) is 2.68. The number of carbonyl (C=O) groups is 1. The van der Waals surface area contributed by atoms with Gasteiger partial charge in [-0.2, -0.15) is 0 Å². The lowest BCUT2D eigenvalue weighted by Gasteiger charge is -2.17. The quantitative estimate of drug-likeness (QED) is 0.621. The van der Waals surface area contributed by atoms with Gasteiger partial charge >= 0.3 is 0 Å². The summed E-state index contributed by atoms with van der Waals surface area (Å²) in [4.78, 5) is 16.6. The molecule has 0 aliphatic rings. The Morgan fingerprint density at radius 2 is 1.62 bits per heavy atom. The normalized spacial score (nSPS) is 12.0. The Morgan fingerprint density at radius 1 is 0.962 bits per heavy atom. The third-order valence-corrected chi connectivity index (χ3v) is 4.82. The zero-order valence-electron chi connectivity index (χ0n) is 13.2. The van der Waals surface area contributed by atoms with E-state index in [4.69, 9.17) is 40.5 Å². The molecule has 1 aromatic heterocycles. The van der Waals surface area contributed by atoms with Gasteiger partial charge in [-0.3, -0.25) is 9.78 Å². The minimum atomic E-state index is -0.935. The van der Waals surface area contributed by atoms with Gasteiger partial charge in [0.2, 0.25) is 5.91 Å². The van der Waals surface area contributed by atoms with Crippen LogP contribution in [-0.2, 0) is 4.79 Å². The Hall–Kier alpha value is -2.14. The van der Waals surface area contributed by atoms with Gasteiger partial charge in [0.15, 0.2) is 0 Å². The molecule has 1 atom stereocenters. The van der Waals surface area contributed by atoms with Crippen molar-refractivity contribution in [3.8, 4) is 11.3 Å². The highest BCUT2D eigenvalue weighted by molar-refractivity contribution is 6.36. The van der Waals surface area contributed by atoms with Gasteiger partial charge in [0.25, 0.3) is 0 Å². The van der Waals surface area contributed by atoms with Gasteiger partial charge in [0, 0.05) is 21.2 Å². The molecule has 132 valence electrons. The molecule has 1 unspecified atom stereocenters. The number of nitrogens with two attached hydrogens (primary N) is 1. The van der Waals surface area contributed by atoms with Crippen LogP contribution >= 0.6 is 34.8 Å². The SMILES string of the molecule is NC(=O)C(c1cccc(-c2ccc(F)cc2Cl)n1)c1c(Cl)cccc1Cl. The predicted octanol–water partition coefficient (Wildman–Crippen LogP) is 5.47. The summed E-state index contributed by atoms with van der Waals surface area (Å²) in [6.45, 7) is 0. The number of benzene rings is 2. The second kappa shape index (κ2) is 7.62. The van der Waals surface area contributed by atoms with Crippen LogP contribution in [0.3, 0.4) is 0 Å². The molecular formula is C19H12Cl3FN2O. The Morgan fingerprint density at radius 3 is 2.23 bits per heavy atom. The summed E-state index contributed by atoms with van der Waals surface area (Å²) in [6, 6.07) is 14.0. The lowest BCUT2D eigenvalue weighted by molar-refractivity contribution is -0.118. The summed E-state index contributed by atoms with van der Waals surface area (Å²) in [7, 11) is 0. The number of aromatic nitrogens is 1. The standard InChI is InChI=1S/C19H12Cl3FN2O/c20-12-3-1-4-13(21)17(12)18(19(24)26)16-6-2-5-15(25-16)11-8-7-10(23)9-14(11)22/h1-9,18H,(H2,24,26). The molecule has 3 nitrogen and oxygen atoms in total. The van der Waals surface area contributed by atoms with Gasteiger partial charge < -0.3 is 5.73 Å². The molecule has 1 amide bonds. The predicted molar refractivity (Wildman–Crippen MR) is 102 cm³/mol. The van der Waals surface area contributed by atoms with Crippen LogP contribution < -0.4 is 5.73 Å². The maximum Gasteiger partial charge on any atom is 0.231 e. The third kappa shape index (κ3) is 3.68. The molecule has 0 radical (unpaired) electrons. The van der Waals surface area contributed by atoms with E-state index in [1.165, 1.54) is 18.2 Å². The molecule has 26 heavy (non-hydrogen) atoms. The van der Waals surface area contributed by atoms with Gasteiger partial charge in [0.1, 0.15) is 11.7 Å². The molecule has 3 aromatic rings. The molecule has 1 heterocycles. The monoisotopic (exact) mass is 408 g/mol. The largest absolute Gasteiger partial charge is 0.369 e. The summed E-state index contributed by atoms with van der Waals surface area (Å²) in [5.74, 6) is -2.03. The number of hydrogen-bond acceptors (Lipinski definition) is 2. The summed E-state index contributed by atoms with van der Waals surface area (Å²) in [5, 5.41) is 0.836. The van der Waals surface area contributed by atoms with E-state index in [0.717, 1.165) is 0 Å². The minimum absolute atomic E-state index is 0.209. The van der Waals surface area contributed by atoms with Crippen molar-refractivity contribution in [2.24, 2.45) is 5.73 Å². The molecule has 0 aliphatic carbocycles. The van der Waals surface area contributed by atoms with E-state index >= 15 is 0 Å². The van der Waals surface area contributed by atoms with Crippen molar-refractivity contribution >= 4 is 40.7 Å². The van der Waals surface area contributed by atoms with Gasteiger partial charge in [-0.25, -0.2) is 4.39 Å². The van der Waals surface area contributed by atoms with E-state index in [9.17, 15) is 9.18 Å². The van der Waals surface area contributed by atoms with E-state index in [1.54, 1.807) is 36.4 Å². The zero-order valence-corrected chi connectivity index (χ0v) is 15.5. The first kappa shape index (κ1) is 18.6. The van der Waals surface area contributed by atoms with Crippen molar-refractivity contribution in [2.45, 2.75) is 5.92 Å². The number of amides is 1. The summed E-state index contributed by atoms with van der Waals surface area (Å²) < 4.78 is 13.3. The zero-order chi connectivity index (χ0) is 18.8. The number of pyridine rings is 1. The molecule has 0 saturated heterocycles. The van der Waals surface area contributed by atoms with E-state index in [-0.39, 0.29) is 5.02 Å². The number of primary amides is 1. The lowest BCUT2D eigenvalue weighted by Crippen LogP contribution is -2.24. The fourth-order valence-corrected chi connectivity index (χ4v) is 3.56. The molecule has 0 aliphatic heterocycles. The Labute approximate surface area is 164 Å². The van der Waals surface area contributed by atoms with E-state index in [2.05, 4.69) is 4.98 Å². The number of nitrogens with zero attached hydrogens (tertiary/aromatic N) is 1. The average Bonchev–Trinajstić information content (AvgIpc) is 2.58. The van der Waals surface area contributed by atoms with Crippen molar-refractivity contribution in [3.63, 3.8) is 0 Å². The van der Waals surface area contributed by atoms with E-state index in [0.29, 0.717) is 32.6 Å². The number of hydrogen-bond donors (Lipinski definition) is 1. The molecule has 2 aromatic carbocycles. The lowest BCUT2D eigenvalue weighted by atomic mass is 9.93. The highest BCUT2D eigenvalue weighted by atomic mass is 35.5. The summed E-state index contributed by atoms with van der Waals surface area (Å²) >= 11 is 18.6. The van der Waals surface area contributed by atoms with Crippen molar-refractivity contribution in [2.75, 3.05) is 0 Å². The minimum Gasteiger partial charge on any atom is -0.369 e. The molecule has 7 heteroatoms. The number of carbonyl (C=O) groups excluding carboxylic acids is 1. The Kier molecular flexibility index (Phi) is 5.47. The molecule has 0 spiro atoms. The Bertz CT molecular complexity index is 974. The average molecular weight is 410 g/mol. The van der Waals surface area contributed by atoms with Crippen LogP contribution in [0.4, 0.5) is 4.39 Å². The van der Waals surface area contributed by atoms with E-state index < -0.39 is 17.6 Å². The number of rotatable bonds is 4. The highest BCUT2D eigenvalue weighted by Crippen LogP contribution is 2.36. The van der Waals surface area contributed by atoms with Crippen molar-refractivity contribution < 1.29 is 9.18 Å². The first-order chi connectivity index (χ1) is 12.4.